The lowest BCUT2D eigenvalue weighted by atomic mass is 10.1. The summed E-state index contributed by atoms with van der Waals surface area (Å²) in [6, 6.07) is 10.9. The molecule has 0 saturated carbocycles. The van der Waals surface area contributed by atoms with Crippen molar-refractivity contribution in [1.29, 1.82) is 0 Å². The van der Waals surface area contributed by atoms with Gasteiger partial charge in [0.05, 0.1) is 10.7 Å². The Balaban J connectivity index is 1.75. The average molecular weight is 328 g/mol. The molecular formula is C17H16N2O3S. The number of aromatic nitrogens is 1. The van der Waals surface area contributed by atoms with E-state index in [2.05, 4.69) is 10.3 Å². The van der Waals surface area contributed by atoms with Crippen molar-refractivity contribution < 1.29 is 13.9 Å². The largest absolute Gasteiger partial charge is 0.453 e. The molecule has 2 heterocycles. The lowest BCUT2D eigenvalue weighted by Crippen LogP contribution is -2.10. The molecule has 0 spiro atoms. The number of carbonyl (C=O) groups is 1. The van der Waals surface area contributed by atoms with E-state index in [1.165, 1.54) is 0 Å². The van der Waals surface area contributed by atoms with Gasteiger partial charge in [-0.3, -0.25) is 4.79 Å². The van der Waals surface area contributed by atoms with E-state index in [9.17, 15) is 4.79 Å². The van der Waals surface area contributed by atoms with Gasteiger partial charge in [0.1, 0.15) is 12.4 Å². The number of nitrogens with zero attached hydrogens (tertiary/aromatic N) is 1. The Labute approximate surface area is 137 Å². The number of aryl methyl sites for hydroxylation is 1. The molecule has 0 saturated heterocycles. The average Bonchev–Trinajstić information content (AvgIpc) is 3.17. The van der Waals surface area contributed by atoms with Crippen LogP contribution in [0.1, 0.15) is 21.3 Å². The number of anilines is 1. The van der Waals surface area contributed by atoms with E-state index in [0.29, 0.717) is 18.1 Å². The van der Waals surface area contributed by atoms with Crippen molar-refractivity contribution in [2.45, 2.75) is 13.5 Å². The molecule has 6 heteroatoms. The van der Waals surface area contributed by atoms with Crippen LogP contribution in [0.15, 0.2) is 46.2 Å². The maximum Gasteiger partial charge on any atom is 0.291 e. The molecule has 0 fully saturated rings. The first-order valence-corrected chi connectivity index (χ1v) is 7.95. The Kier molecular flexibility index (Phi) is 4.55. The second kappa shape index (κ2) is 6.76. The van der Waals surface area contributed by atoms with Crippen LogP contribution in [0.25, 0.3) is 11.3 Å². The Morgan fingerprint density at radius 1 is 1.35 bits per heavy atom. The number of benzene rings is 1. The summed E-state index contributed by atoms with van der Waals surface area (Å²) in [7, 11) is 1.58. The maximum atomic E-state index is 12.2. The predicted octanol–water partition coefficient (Wildman–Crippen LogP) is 4.11. The van der Waals surface area contributed by atoms with Gasteiger partial charge < -0.3 is 14.5 Å². The summed E-state index contributed by atoms with van der Waals surface area (Å²) >= 11 is 1.60. The van der Waals surface area contributed by atoms with Crippen LogP contribution in [0.2, 0.25) is 0 Å². The lowest BCUT2D eigenvalue weighted by molar-refractivity contribution is 0.0987. The molecule has 3 aromatic rings. The number of amides is 1. The van der Waals surface area contributed by atoms with E-state index in [4.69, 9.17) is 9.15 Å². The van der Waals surface area contributed by atoms with E-state index >= 15 is 0 Å². The van der Waals surface area contributed by atoms with Crippen LogP contribution in [-0.4, -0.2) is 18.0 Å². The molecule has 0 radical (unpaired) electrons. The summed E-state index contributed by atoms with van der Waals surface area (Å²) in [5.74, 6) is 0.579. The molecule has 5 nitrogen and oxygen atoms in total. The summed E-state index contributed by atoms with van der Waals surface area (Å²) < 4.78 is 10.4. The van der Waals surface area contributed by atoms with Crippen LogP contribution in [-0.2, 0) is 11.3 Å². The van der Waals surface area contributed by atoms with Crippen molar-refractivity contribution in [2.24, 2.45) is 0 Å². The van der Waals surface area contributed by atoms with Crippen LogP contribution < -0.4 is 5.32 Å². The second-order valence-corrected chi connectivity index (χ2v) is 6.05. The van der Waals surface area contributed by atoms with Crippen LogP contribution in [0.3, 0.4) is 0 Å². The number of thiazole rings is 1. The molecule has 118 valence electrons. The number of ether oxygens (including phenoxy) is 1. The van der Waals surface area contributed by atoms with E-state index in [0.717, 1.165) is 16.3 Å². The molecular weight excluding hydrogens is 312 g/mol. The number of methoxy groups -OCH3 is 1. The van der Waals surface area contributed by atoms with Crippen molar-refractivity contribution in [1.82, 2.24) is 4.98 Å². The molecule has 0 unspecified atom stereocenters. The van der Waals surface area contributed by atoms with Gasteiger partial charge in [0.25, 0.3) is 5.91 Å². The predicted molar refractivity (Wildman–Crippen MR) is 89.7 cm³/mol. The zero-order valence-electron chi connectivity index (χ0n) is 12.8. The fourth-order valence-electron chi connectivity index (χ4n) is 2.16. The van der Waals surface area contributed by atoms with Gasteiger partial charge in [0.2, 0.25) is 0 Å². The quantitative estimate of drug-likeness (QED) is 0.765. The summed E-state index contributed by atoms with van der Waals surface area (Å²) in [6.45, 7) is 2.31. The minimum Gasteiger partial charge on any atom is -0.453 e. The molecule has 1 aromatic carbocycles. The van der Waals surface area contributed by atoms with Crippen molar-refractivity contribution in [2.75, 3.05) is 12.4 Å². The Morgan fingerprint density at radius 2 is 2.22 bits per heavy atom. The Hall–Kier alpha value is -2.44. The first-order valence-electron chi connectivity index (χ1n) is 7.07. The highest BCUT2D eigenvalue weighted by atomic mass is 32.1. The zero-order chi connectivity index (χ0) is 16.2. The van der Waals surface area contributed by atoms with E-state index in [1.807, 2.05) is 36.6 Å². The molecule has 1 N–H and O–H groups in total. The third-order valence-electron chi connectivity index (χ3n) is 3.21. The summed E-state index contributed by atoms with van der Waals surface area (Å²) in [6.07, 6.45) is 0. The smallest absolute Gasteiger partial charge is 0.291 e. The molecule has 3 rings (SSSR count). The van der Waals surface area contributed by atoms with Crippen LogP contribution >= 0.6 is 11.3 Å². The highest BCUT2D eigenvalue weighted by Crippen LogP contribution is 2.24. The molecule has 0 aliphatic carbocycles. The van der Waals surface area contributed by atoms with Crippen LogP contribution in [0.4, 0.5) is 5.69 Å². The highest BCUT2D eigenvalue weighted by molar-refractivity contribution is 7.09. The number of nitrogens with one attached hydrogen (secondary N) is 1. The fraction of sp³-hybridized carbons (Fsp3) is 0.176. The number of rotatable bonds is 5. The second-order valence-electron chi connectivity index (χ2n) is 4.99. The van der Waals surface area contributed by atoms with E-state index in [-0.39, 0.29) is 11.7 Å². The minimum absolute atomic E-state index is 0.256. The van der Waals surface area contributed by atoms with Gasteiger partial charge in [0.15, 0.2) is 5.76 Å². The number of hydrogen-bond donors (Lipinski definition) is 1. The number of furan rings is 1. The van der Waals surface area contributed by atoms with Gasteiger partial charge in [-0.2, -0.15) is 0 Å². The van der Waals surface area contributed by atoms with Gasteiger partial charge in [-0.05, 0) is 31.2 Å². The summed E-state index contributed by atoms with van der Waals surface area (Å²) in [4.78, 5) is 16.7. The molecule has 23 heavy (non-hydrogen) atoms. The standard InChI is InChI=1S/C17H16N2O3S/c1-11-18-15(10-23-11)12-4-3-5-13(8-12)19-17(20)16-7-6-14(22-16)9-21-2/h3-8,10H,9H2,1-2H3,(H,19,20). The third kappa shape index (κ3) is 3.67. The summed E-state index contributed by atoms with van der Waals surface area (Å²) in [5, 5.41) is 5.84. The molecule has 2 aromatic heterocycles. The Morgan fingerprint density at radius 3 is 2.96 bits per heavy atom. The normalized spacial score (nSPS) is 10.7. The van der Waals surface area contributed by atoms with Crippen molar-refractivity contribution in [3.8, 4) is 11.3 Å². The third-order valence-corrected chi connectivity index (χ3v) is 3.98. The van der Waals surface area contributed by atoms with Crippen LogP contribution in [0, 0.1) is 6.92 Å². The monoisotopic (exact) mass is 328 g/mol. The van der Waals surface area contributed by atoms with Crippen molar-refractivity contribution >= 4 is 22.9 Å². The van der Waals surface area contributed by atoms with Gasteiger partial charge in [-0.15, -0.1) is 11.3 Å². The topological polar surface area (TPSA) is 64.4 Å². The van der Waals surface area contributed by atoms with Gasteiger partial charge >= 0.3 is 0 Å². The SMILES string of the molecule is COCc1ccc(C(=O)Nc2cccc(-c3csc(C)n3)c2)o1. The first-order chi connectivity index (χ1) is 11.2. The Bertz CT molecular complexity index is 823. The van der Waals surface area contributed by atoms with E-state index < -0.39 is 0 Å². The maximum absolute atomic E-state index is 12.2. The minimum atomic E-state index is -0.293. The fourth-order valence-corrected chi connectivity index (χ4v) is 2.79. The number of hydrogen-bond acceptors (Lipinski definition) is 5. The highest BCUT2D eigenvalue weighted by Gasteiger charge is 2.12. The molecule has 0 aliphatic heterocycles. The van der Waals surface area contributed by atoms with Gasteiger partial charge in [0, 0.05) is 23.7 Å². The van der Waals surface area contributed by atoms with Crippen molar-refractivity contribution in [3.05, 3.63) is 58.3 Å². The van der Waals surface area contributed by atoms with Crippen LogP contribution in [0.5, 0.6) is 0 Å². The molecule has 0 atom stereocenters. The molecule has 0 bridgehead atoms. The van der Waals surface area contributed by atoms with Crippen molar-refractivity contribution in [3.63, 3.8) is 0 Å². The zero-order valence-corrected chi connectivity index (χ0v) is 13.6. The van der Waals surface area contributed by atoms with E-state index in [1.54, 1.807) is 30.6 Å². The van der Waals surface area contributed by atoms with Gasteiger partial charge in [-0.1, -0.05) is 12.1 Å². The number of carbonyl (C=O) groups excluding carboxylic acids is 1. The van der Waals surface area contributed by atoms with Gasteiger partial charge in [-0.25, -0.2) is 4.98 Å². The molecule has 0 aliphatic rings. The lowest BCUT2D eigenvalue weighted by Gasteiger charge is -2.05. The molecule has 1 amide bonds. The summed E-state index contributed by atoms with van der Waals surface area (Å²) in [5.41, 5.74) is 2.57. The first kappa shape index (κ1) is 15.5.